The van der Waals surface area contributed by atoms with Crippen molar-refractivity contribution in [3.63, 3.8) is 0 Å². The molecule has 0 spiro atoms. The molecule has 0 heterocycles. The number of rotatable bonds is 6. The van der Waals surface area contributed by atoms with E-state index in [0.717, 1.165) is 5.56 Å². The molecular formula is C24H20FN3O3S. The van der Waals surface area contributed by atoms with Crippen molar-refractivity contribution >= 4 is 35.2 Å². The number of benzene rings is 3. The lowest BCUT2D eigenvalue weighted by Crippen LogP contribution is -2.48. The van der Waals surface area contributed by atoms with Gasteiger partial charge in [0.2, 0.25) is 5.91 Å². The molecule has 0 aliphatic heterocycles. The van der Waals surface area contributed by atoms with Gasteiger partial charge in [-0.1, -0.05) is 42.5 Å². The van der Waals surface area contributed by atoms with Crippen LogP contribution in [0.2, 0.25) is 0 Å². The Morgan fingerprint density at radius 3 is 2.28 bits per heavy atom. The van der Waals surface area contributed by atoms with Gasteiger partial charge in [0, 0.05) is 11.6 Å². The van der Waals surface area contributed by atoms with Gasteiger partial charge in [-0.15, -0.1) is 0 Å². The van der Waals surface area contributed by atoms with Gasteiger partial charge in [0.1, 0.15) is 18.2 Å². The SMILES string of the molecule is O=C(C=Cc1ccc(F)cc1)NC(=S)NNC(=O)c1ccc(OCc2ccccc2)cc1. The Balaban J connectivity index is 1.41. The molecule has 0 bridgehead atoms. The van der Waals surface area contributed by atoms with E-state index in [1.165, 1.54) is 36.4 Å². The number of carbonyl (C=O) groups excluding carboxylic acids is 2. The number of carbonyl (C=O) groups is 2. The summed E-state index contributed by atoms with van der Waals surface area (Å²) < 4.78 is 18.6. The Bertz CT molecular complexity index is 1100. The van der Waals surface area contributed by atoms with E-state index in [4.69, 9.17) is 17.0 Å². The van der Waals surface area contributed by atoms with E-state index in [1.54, 1.807) is 24.3 Å². The number of hydrazine groups is 1. The van der Waals surface area contributed by atoms with Gasteiger partial charge in [-0.2, -0.15) is 0 Å². The highest BCUT2D eigenvalue weighted by atomic mass is 32.1. The van der Waals surface area contributed by atoms with E-state index in [0.29, 0.717) is 23.5 Å². The predicted octanol–water partition coefficient (Wildman–Crippen LogP) is 3.75. The Morgan fingerprint density at radius 1 is 0.906 bits per heavy atom. The molecule has 8 heteroatoms. The van der Waals surface area contributed by atoms with E-state index in [2.05, 4.69) is 16.2 Å². The maximum absolute atomic E-state index is 12.9. The lowest BCUT2D eigenvalue weighted by atomic mass is 10.2. The quantitative estimate of drug-likeness (QED) is 0.303. The third-order valence-electron chi connectivity index (χ3n) is 4.19. The van der Waals surface area contributed by atoms with Crippen molar-refractivity contribution in [1.29, 1.82) is 0 Å². The second kappa shape index (κ2) is 11.4. The number of hydrogen-bond acceptors (Lipinski definition) is 4. The molecule has 32 heavy (non-hydrogen) atoms. The topological polar surface area (TPSA) is 79.5 Å². The first-order valence-corrected chi connectivity index (χ1v) is 10.0. The van der Waals surface area contributed by atoms with Crippen molar-refractivity contribution < 1.29 is 18.7 Å². The van der Waals surface area contributed by atoms with Crippen LogP contribution in [0.15, 0.2) is 84.9 Å². The monoisotopic (exact) mass is 449 g/mol. The van der Waals surface area contributed by atoms with Gasteiger partial charge >= 0.3 is 0 Å². The zero-order valence-electron chi connectivity index (χ0n) is 16.9. The number of thiocarbonyl (C=S) groups is 1. The van der Waals surface area contributed by atoms with Gasteiger partial charge in [0.25, 0.3) is 5.91 Å². The lowest BCUT2D eigenvalue weighted by molar-refractivity contribution is -0.115. The molecule has 3 N–H and O–H groups in total. The van der Waals surface area contributed by atoms with Crippen molar-refractivity contribution in [2.75, 3.05) is 0 Å². The van der Waals surface area contributed by atoms with Crippen molar-refractivity contribution in [2.24, 2.45) is 0 Å². The van der Waals surface area contributed by atoms with Crippen molar-refractivity contribution in [3.05, 3.63) is 107 Å². The minimum atomic E-state index is -0.499. The van der Waals surface area contributed by atoms with E-state index < -0.39 is 11.8 Å². The average molecular weight is 450 g/mol. The van der Waals surface area contributed by atoms with Crippen LogP contribution in [-0.2, 0) is 11.4 Å². The summed E-state index contributed by atoms with van der Waals surface area (Å²) in [7, 11) is 0. The smallest absolute Gasteiger partial charge is 0.269 e. The highest BCUT2D eigenvalue weighted by Crippen LogP contribution is 2.14. The summed E-state index contributed by atoms with van der Waals surface area (Å²) in [5.41, 5.74) is 6.96. The summed E-state index contributed by atoms with van der Waals surface area (Å²) in [6.07, 6.45) is 2.76. The first kappa shape index (κ1) is 22.6. The molecular weight excluding hydrogens is 429 g/mol. The van der Waals surface area contributed by atoms with Crippen LogP contribution in [0.25, 0.3) is 6.08 Å². The Hall–Kier alpha value is -4.04. The van der Waals surface area contributed by atoms with E-state index in [9.17, 15) is 14.0 Å². The number of ether oxygens (including phenoxy) is 1. The van der Waals surface area contributed by atoms with Crippen LogP contribution < -0.4 is 20.9 Å². The second-order valence-corrected chi connectivity index (χ2v) is 6.99. The van der Waals surface area contributed by atoms with Crippen LogP contribution in [-0.4, -0.2) is 16.9 Å². The van der Waals surface area contributed by atoms with Crippen LogP contribution >= 0.6 is 12.2 Å². The summed E-state index contributed by atoms with van der Waals surface area (Å²) >= 11 is 4.99. The van der Waals surface area contributed by atoms with Crippen LogP contribution in [0, 0.1) is 5.82 Å². The van der Waals surface area contributed by atoms with Gasteiger partial charge in [0.15, 0.2) is 5.11 Å². The van der Waals surface area contributed by atoms with Crippen molar-refractivity contribution in [2.45, 2.75) is 6.61 Å². The van der Waals surface area contributed by atoms with Crippen LogP contribution in [0.1, 0.15) is 21.5 Å². The summed E-state index contributed by atoms with van der Waals surface area (Å²) in [6.45, 7) is 0.428. The molecule has 0 atom stereocenters. The second-order valence-electron chi connectivity index (χ2n) is 6.58. The van der Waals surface area contributed by atoms with Gasteiger partial charge in [0.05, 0.1) is 0 Å². The highest BCUT2D eigenvalue weighted by molar-refractivity contribution is 7.80. The first-order valence-electron chi connectivity index (χ1n) is 9.61. The standard InChI is InChI=1S/C24H20FN3O3S/c25-20-11-6-17(7-12-20)8-15-22(29)26-24(32)28-27-23(30)19-9-13-21(14-10-19)31-16-18-4-2-1-3-5-18/h1-15H,16H2,(H,27,30)(H2,26,28,29,32). The number of nitrogens with one attached hydrogen (secondary N) is 3. The normalized spacial score (nSPS) is 10.4. The Labute approximate surface area is 190 Å². The molecule has 0 saturated heterocycles. The fourth-order valence-electron chi connectivity index (χ4n) is 2.56. The van der Waals surface area contributed by atoms with Crippen LogP contribution in [0.3, 0.4) is 0 Å². The fraction of sp³-hybridized carbons (Fsp3) is 0.0417. The molecule has 0 aliphatic carbocycles. The van der Waals surface area contributed by atoms with Crippen molar-refractivity contribution in [1.82, 2.24) is 16.2 Å². The number of amides is 2. The average Bonchev–Trinajstić information content (AvgIpc) is 2.82. The minimum absolute atomic E-state index is 0.0741. The zero-order chi connectivity index (χ0) is 22.8. The van der Waals surface area contributed by atoms with Crippen LogP contribution in [0.5, 0.6) is 5.75 Å². The van der Waals surface area contributed by atoms with E-state index >= 15 is 0 Å². The maximum atomic E-state index is 12.9. The van der Waals surface area contributed by atoms with E-state index in [-0.39, 0.29) is 10.9 Å². The van der Waals surface area contributed by atoms with Gasteiger partial charge < -0.3 is 4.74 Å². The molecule has 0 aliphatic rings. The highest BCUT2D eigenvalue weighted by Gasteiger charge is 2.07. The Kier molecular flexibility index (Phi) is 8.05. The molecule has 3 aromatic carbocycles. The summed E-state index contributed by atoms with van der Waals surface area (Å²) in [6, 6.07) is 22.0. The number of halogens is 1. The van der Waals surface area contributed by atoms with Gasteiger partial charge in [-0.05, 0) is 65.8 Å². The lowest BCUT2D eigenvalue weighted by Gasteiger charge is -2.10. The molecule has 0 fully saturated rings. The fourth-order valence-corrected chi connectivity index (χ4v) is 2.71. The molecule has 2 amide bonds. The molecule has 3 rings (SSSR count). The summed E-state index contributed by atoms with van der Waals surface area (Å²) in [4.78, 5) is 24.1. The summed E-state index contributed by atoms with van der Waals surface area (Å²) in [5, 5.41) is 2.32. The predicted molar refractivity (Wildman–Crippen MR) is 124 cm³/mol. The third-order valence-corrected chi connectivity index (χ3v) is 4.39. The minimum Gasteiger partial charge on any atom is -0.489 e. The van der Waals surface area contributed by atoms with Gasteiger partial charge in [-0.25, -0.2) is 4.39 Å². The zero-order valence-corrected chi connectivity index (χ0v) is 17.7. The molecule has 3 aromatic rings. The van der Waals surface area contributed by atoms with Crippen LogP contribution in [0.4, 0.5) is 4.39 Å². The molecule has 0 unspecified atom stereocenters. The third kappa shape index (κ3) is 7.33. The molecule has 6 nitrogen and oxygen atoms in total. The molecule has 162 valence electrons. The Morgan fingerprint density at radius 2 is 1.59 bits per heavy atom. The van der Waals surface area contributed by atoms with E-state index in [1.807, 2.05) is 30.3 Å². The molecule has 0 aromatic heterocycles. The molecule has 0 saturated carbocycles. The van der Waals surface area contributed by atoms with Gasteiger partial charge in [-0.3, -0.25) is 25.8 Å². The maximum Gasteiger partial charge on any atom is 0.269 e. The van der Waals surface area contributed by atoms with Crippen molar-refractivity contribution in [3.8, 4) is 5.75 Å². The number of hydrogen-bond donors (Lipinski definition) is 3. The summed E-state index contributed by atoms with van der Waals surface area (Å²) in [5.74, 6) is -0.657. The first-order chi connectivity index (χ1) is 15.5. The molecule has 0 radical (unpaired) electrons. The largest absolute Gasteiger partial charge is 0.489 e.